The first kappa shape index (κ1) is 16.5. The summed E-state index contributed by atoms with van der Waals surface area (Å²) in [6.45, 7) is 6.70. The molecule has 0 spiro atoms. The maximum absolute atomic E-state index is 12.5. The van der Waals surface area contributed by atoms with E-state index in [9.17, 15) is 13.2 Å². The molecular weight excluding hydrogens is 294 g/mol. The largest absolute Gasteiger partial charge is 0.443 e. The van der Waals surface area contributed by atoms with Crippen molar-refractivity contribution >= 4 is 16.3 Å². The monoisotopic (exact) mass is 319 g/mol. The van der Waals surface area contributed by atoms with Gasteiger partial charge in [-0.2, -0.15) is 12.7 Å². The van der Waals surface area contributed by atoms with E-state index in [0.29, 0.717) is 0 Å². The highest BCUT2D eigenvalue weighted by molar-refractivity contribution is 7.87. The summed E-state index contributed by atoms with van der Waals surface area (Å²) in [6.07, 6.45) is 2.34. The lowest BCUT2D eigenvalue weighted by atomic mass is 10.1. The van der Waals surface area contributed by atoms with Gasteiger partial charge in [-0.3, -0.25) is 0 Å². The molecule has 1 aliphatic heterocycles. The Morgan fingerprint density at radius 1 is 1.14 bits per heavy atom. The van der Waals surface area contributed by atoms with Crippen LogP contribution < -0.4 is 10.0 Å². The van der Waals surface area contributed by atoms with Crippen LogP contribution >= 0.6 is 0 Å². The molecule has 1 heterocycles. The summed E-state index contributed by atoms with van der Waals surface area (Å²) in [5, 5.41) is 3.22. The molecule has 2 aliphatic rings. The molecule has 2 rings (SSSR count). The van der Waals surface area contributed by atoms with E-state index >= 15 is 0 Å². The van der Waals surface area contributed by atoms with Crippen LogP contribution in [0.25, 0.3) is 0 Å². The van der Waals surface area contributed by atoms with Crippen molar-refractivity contribution in [1.29, 1.82) is 0 Å². The summed E-state index contributed by atoms with van der Waals surface area (Å²) in [7, 11) is -3.85. The first-order chi connectivity index (χ1) is 9.69. The molecule has 0 aromatic carbocycles. The zero-order valence-electron chi connectivity index (χ0n) is 12.9. The summed E-state index contributed by atoms with van der Waals surface area (Å²) in [4.78, 5) is 11.8. The van der Waals surface area contributed by atoms with Crippen LogP contribution in [-0.4, -0.2) is 49.6 Å². The van der Waals surface area contributed by atoms with Crippen LogP contribution in [0.3, 0.4) is 0 Å². The number of hydrogen-bond donors (Lipinski definition) is 2. The summed E-state index contributed by atoms with van der Waals surface area (Å²) < 4.78 is 33.6. The Bertz CT molecular complexity index is 476. The summed E-state index contributed by atoms with van der Waals surface area (Å²) in [5.74, 6) is 0. The number of carbonyl (C=O) groups excluding carboxylic acids is 1. The van der Waals surface area contributed by atoms with Crippen molar-refractivity contribution in [2.45, 2.75) is 64.1 Å². The third-order valence-corrected chi connectivity index (χ3v) is 5.04. The van der Waals surface area contributed by atoms with E-state index in [2.05, 4.69) is 5.32 Å². The maximum atomic E-state index is 12.5. The molecule has 0 unspecified atom stereocenters. The molecule has 0 bridgehead atoms. The van der Waals surface area contributed by atoms with Gasteiger partial charge in [0.25, 0.3) is 0 Å². The fourth-order valence-corrected chi connectivity index (χ4v) is 4.10. The predicted molar refractivity (Wildman–Crippen MR) is 79.0 cm³/mol. The average Bonchev–Trinajstić information content (AvgIpc) is 3.10. The molecule has 0 aromatic rings. The maximum Gasteiger partial charge on any atom is 0.422 e. The molecule has 1 aliphatic carbocycles. The molecular formula is C13H25N3O4S. The van der Waals surface area contributed by atoms with E-state index in [1.165, 1.54) is 4.31 Å². The van der Waals surface area contributed by atoms with E-state index in [0.717, 1.165) is 38.8 Å². The van der Waals surface area contributed by atoms with Crippen LogP contribution in [-0.2, 0) is 14.9 Å². The van der Waals surface area contributed by atoms with Crippen LogP contribution in [0.4, 0.5) is 4.79 Å². The van der Waals surface area contributed by atoms with Gasteiger partial charge in [-0.05, 0) is 59.5 Å². The van der Waals surface area contributed by atoms with Gasteiger partial charge >= 0.3 is 16.3 Å². The molecule has 1 amide bonds. The number of carbonyl (C=O) groups is 1. The zero-order valence-corrected chi connectivity index (χ0v) is 13.7. The third-order valence-electron chi connectivity index (χ3n) is 3.46. The van der Waals surface area contributed by atoms with E-state index in [1.54, 1.807) is 20.8 Å². The minimum absolute atomic E-state index is 0.0213. The Morgan fingerprint density at radius 2 is 1.67 bits per heavy atom. The van der Waals surface area contributed by atoms with Crippen LogP contribution in [0.1, 0.15) is 46.5 Å². The number of hydrogen-bond acceptors (Lipinski definition) is 5. The number of ether oxygens (including phenoxy) is 1. The van der Waals surface area contributed by atoms with Gasteiger partial charge in [0.1, 0.15) is 5.60 Å². The highest BCUT2D eigenvalue weighted by atomic mass is 32.2. The minimum Gasteiger partial charge on any atom is -0.443 e. The number of amides is 1. The van der Waals surface area contributed by atoms with Gasteiger partial charge in [-0.1, -0.05) is 0 Å². The smallest absolute Gasteiger partial charge is 0.422 e. The molecule has 0 aromatic heterocycles. The van der Waals surface area contributed by atoms with Gasteiger partial charge in [-0.25, -0.2) is 9.52 Å². The molecule has 0 radical (unpaired) electrons. The minimum atomic E-state index is -3.85. The summed E-state index contributed by atoms with van der Waals surface area (Å²) in [6, 6.07) is -0.0216. The quantitative estimate of drug-likeness (QED) is 0.806. The molecule has 2 N–H and O–H groups in total. The van der Waals surface area contributed by atoms with E-state index < -0.39 is 21.9 Å². The molecule has 122 valence electrons. The highest BCUT2D eigenvalue weighted by Crippen LogP contribution is 2.33. The van der Waals surface area contributed by atoms with Crippen molar-refractivity contribution in [2.75, 3.05) is 13.1 Å². The Balaban J connectivity index is 2.05. The second-order valence-corrected chi connectivity index (χ2v) is 8.23. The Labute approximate surface area is 126 Å². The zero-order chi connectivity index (χ0) is 15.7. The number of rotatable bonds is 4. The lowest BCUT2D eigenvalue weighted by Crippen LogP contribution is -2.53. The average molecular weight is 319 g/mol. The first-order valence-corrected chi connectivity index (χ1v) is 8.88. The molecule has 1 saturated carbocycles. The lowest BCUT2D eigenvalue weighted by molar-refractivity contribution is 0.0565. The van der Waals surface area contributed by atoms with E-state index in [-0.39, 0.29) is 12.1 Å². The van der Waals surface area contributed by atoms with Crippen molar-refractivity contribution in [1.82, 2.24) is 14.3 Å². The van der Waals surface area contributed by atoms with E-state index in [4.69, 9.17) is 4.74 Å². The first-order valence-electron chi connectivity index (χ1n) is 7.44. The van der Waals surface area contributed by atoms with Gasteiger partial charge in [0, 0.05) is 12.1 Å². The SMILES string of the molecule is CC(C)(C)OC(=O)NS(=O)(=O)N(C1CCNCC1)C1CC1. The molecule has 1 saturated heterocycles. The number of nitrogens with one attached hydrogen (secondary N) is 2. The number of nitrogens with zero attached hydrogens (tertiary/aromatic N) is 1. The Hall–Kier alpha value is -0.860. The molecule has 21 heavy (non-hydrogen) atoms. The topological polar surface area (TPSA) is 87.7 Å². The molecule has 2 fully saturated rings. The van der Waals surface area contributed by atoms with Gasteiger partial charge in [0.2, 0.25) is 0 Å². The van der Waals surface area contributed by atoms with Crippen molar-refractivity contribution in [3.63, 3.8) is 0 Å². The van der Waals surface area contributed by atoms with Crippen LogP contribution in [0.5, 0.6) is 0 Å². The molecule has 8 heteroatoms. The lowest BCUT2D eigenvalue weighted by Gasteiger charge is -2.33. The molecule has 7 nitrogen and oxygen atoms in total. The van der Waals surface area contributed by atoms with E-state index in [1.807, 2.05) is 4.72 Å². The van der Waals surface area contributed by atoms with Crippen molar-refractivity contribution in [3.8, 4) is 0 Å². The van der Waals surface area contributed by atoms with Crippen molar-refractivity contribution < 1.29 is 17.9 Å². The second-order valence-electron chi connectivity index (χ2n) is 6.65. The summed E-state index contributed by atoms with van der Waals surface area (Å²) in [5.41, 5.74) is -0.723. The predicted octanol–water partition coefficient (Wildman–Crippen LogP) is 0.972. The fourth-order valence-electron chi connectivity index (χ4n) is 2.54. The van der Waals surface area contributed by atoms with Crippen LogP contribution in [0.15, 0.2) is 0 Å². The normalized spacial score (nSPS) is 21.3. The van der Waals surface area contributed by atoms with Crippen molar-refractivity contribution in [2.24, 2.45) is 0 Å². The standard InChI is InChI=1S/C13H25N3O4S/c1-13(2,3)20-12(17)15-21(18,19)16(10-4-5-10)11-6-8-14-9-7-11/h10-11,14H,4-9H2,1-3H3,(H,15,17). The van der Waals surface area contributed by atoms with Gasteiger partial charge < -0.3 is 10.1 Å². The molecule has 0 atom stereocenters. The van der Waals surface area contributed by atoms with Crippen LogP contribution in [0.2, 0.25) is 0 Å². The second kappa shape index (κ2) is 6.10. The Morgan fingerprint density at radius 3 is 2.14 bits per heavy atom. The number of piperidine rings is 1. The third kappa shape index (κ3) is 4.82. The van der Waals surface area contributed by atoms with Gasteiger partial charge in [-0.15, -0.1) is 0 Å². The van der Waals surface area contributed by atoms with Gasteiger partial charge in [0.05, 0.1) is 0 Å². The highest BCUT2D eigenvalue weighted by Gasteiger charge is 2.43. The van der Waals surface area contributed by atoms with Crippen LogP contribution in [0, 0.1) is 0 Å². The van der Waals surface area contributed by atoms with Crippen molar-refractivity contribution in [3.05, 3.63) is 0 Å². The Kier molecular flexibility index (Phi) is 4.79. The van der Waals surface area contributed by atoms with Gasteiger partial charge in [0.15, 0.2) is 0 Å². The fraction of sp³-hybridized carbons (Fsp3) is 0.923. The summed E-state index contributed by atoms with van der Waals surface area (Å²) >= 11 is 0.